The Balaban J connectivity index is 1.26. The summed E-state index contributed by atoms with van der Waals surface area (Å²) in [6, 6.07) is 5.13. The fourth-order valence-electron chi connectivity index (χ4n) is 4.68. The van der Waals surface area contributed by atoms with E-state index in [0.717, 1.165) is 29.7 Å². The molecule has 2 aliphatic heterocycles. The second-order valence-corrected chi connectivity index (χ2v) is 9.78. The van der Waals surface area contributed by atoms with Crippen LogP contribution < -0.4 is 10.6 Å². The second kappa shape index (κ2) is 10.8. The number of anilines is 4. The highest BCUT2D eigenvalue weighted by molar-refractivity contribution is 6.32. The lowest BCUT2D eigenvalue weighted by Gasteiger charge is -2.33. The number of nitrogens with zero attached hydrogens (tertiary/aromatic N) is 5. The van der Waals surface area contributed by atoms with Gasteiger partial charge in [0.25, 0.3) is 5.91 Å². The zero-order valence-corrected chi connectivity index (χ0v) is 22.1. The maximum Gasteiger partial charge on any atom is 0.290 e. The van der Waals surface area contributed by atoms with Gasteiger partial charge in [-0.2, -0.15) is 10.1 Å². The van der Waals surface area contributed by atoms with E-state index in [0.29, 0.717) is 47.8 Å². The van der Waals surface area contributed by atoms with E-state index in [1.54, 1.807) is 30.2 Å². The summed E-state index contributed by atoms with van der Waals surface area (Å²) < 4.78 is 20.7. The second-order valence-electron chi connectivity index (χ2n) is 9.37. The average molecular weight is 539 g/mol. The zero-order chi connectivity index (χ0) is 26.8. The Bertz CT molecular complexity index is 1430. The van der Waals surface area contributed by atoms with Crippen molar-refractivity contribution in [1.29, 1.82) is 0 Å². The van der Waals surface area contributed by atoms with Crippen LogP contribution in [0.2, 0.25) is 5.02 Å². The fourth-order valence-corrected chi connectivity index (χ4v) is 4.82. The van der Waals surface area contributed by atoms with Gasteiger partial charge in [0.15, 0.2) is 11.6 Å². The Morgan fingerprint density at radius 2 is 1.97 bits per heavy atom. The molecule has 1 amide bonds. The van der Waals surface area contributed by atoms with E-state index in [1.165, 1.54) is 6.20 Å². The number of amides is 1. The van der Waals surface area contributed by atoms with Crippen molar-refractivity contribution in [3.05, 3.63) is 63.5 Å². The number of aliphatic imine (C=N–C) groups is 1. The quantitative estimate of drug-likeness (QED) is 0.397. The number of halogens is 2. The maximum atomic E-state index is 15.2. The molecule has 5 rings (SSSR count). The maximum absolute atomic E-state index is 15.2. The minimum Gasteiger partial charge on any atom is -0.481 e. The summed E-state index contributed by atoms with van der Waals surface area (Å²) in [5.74, 6) is 1.00. The van der Waals surface area contributed by atoms with E-state index < -0.39 is 5.82 Å². The Morgan fingerprint density at radius 1 is 1.18 bits per heavy atom. The number of carbonyl (C=O) groups is 1. The van der Waals surface area contributed by atoms with Gasteiger partial charge in [-0.1, -0.05) is 11.6 Å². The predicted molar refractivity (Wildman–Crippen MR) is 144 cm³/mol. The number of allylic oxidation sites excluding steroid dienone is 1. The Kier molecular flexibility index (Phi) is 7.28. The first-order chi connectivity index (χ1) is 18.3. The normalized spacial score (nSPS) is 16.0. The van der Waals surface area contributed by atoms with Gasteiger partial charge in [-0.15, -0.1) is 0 Å². The van der Waals surface area contributed by atoms with Crippen molar-refractivity contribution < 1.29 is 13.9 Å². The van der Waals surface area contributed by atoms with E-state index in [9.17, 15) is 4.79 Å². The number of hydrogen-bond acceptors (Lipinski definition) is 8. The molecule has 0 aliphatic carbocycles. The van der Waals surface area contributed by atoms with Crippen LogP contribution in [0.15, 0.2) is 40.8 Å². The third-order valence-electron chi connectivity index (χ3n) is 6.63. The van der Waals surface area contributed by atoms with Crippen LogP contribution in [0.4, 0.5) is 27.7 Å². The highest BCUT2D eigenvalue weighted by Gasteiger charge is 2.29. The summed E-state index contributed by atoms with van der Waals surface area (Å²) in [5.41, 5.74) is 3.61. The number of aromatic nitrogens is 4. The molecule has 3 aromatic rings. The van der Waals surface area contributed by atoms with Gasteiger partial charge in [0.05, 0.1) is 17.6 Å². The number of rotatable bonds is 6. The summed E-state index contributed by atoms with van der Waals surface area (Å²) in [6.07, 6.45) is 4.55. The monoisotopic (exact) mass is 538 g/mol. The number of H-pyrrole nitrogens is 1. The standard InChI is InChI=1S/C26H28ClFN8O2/c1-14-10-21(31-26-30-13-19(27)24(33-26)32-22-11-15(2)34-35-22)20(28)12-18(14)17-4-7-36(8-5-17)25(37)23-16(3)29-6-9-38-23/h6,10-13,17H,4-5,7-9H2,1-3H3,(H3,30,31,32,33,34,35). The number of carbonyl (C=O) groups excluding carboxylic acids is 1. The number of ether oxygens (including phenoxy) is 1. The molecule has 0 saturated carbocycles. The van der Waals surface area contributed by atoms with Crippen molar-refractivity contribution in [1.82, 2.24) is 25.1 Å². The molecule has 198 valence electrons. The van der Waals surface area contributed by atoms with E-state index in [2.05, 4.69) is 35.8 Å². The van der Waals surface area contributed by atoms with Crippen molar-refractivity contribution in [2.75, 3.05) is 30.3 Å². The summed E-state index contributed by atoms with van der Waals surface area (Å²) in [7, 11) is 0. The Morgan fingerprint density at radius 3 is 2.68 bits per heavy atom. The fraction of sp³-hybridized carbons (Fsp3) is 0.346. The van der Waals surface area contributed by atoms with Crippen LogP contribution in [0, 0.1) is 19.7 Å². The predicted octanol–water partition coefficient (Wildman–Crippen LogP) is 5.13. The van der Waals surface area contributed by atoms with Gasteiger partial charge in [-0.3, -0.25) is 14.9 Å². The molecule has 1 aromatic carbocycles. The number of piperidine rings is 1. The Labute approximate surface area is 224 Å². The highest BCUT2D eigenvalue weighted by Crippen LogP contribution is 2.34. The first kappa shape index (κ1) is 25.7. The SMILES string of the molecule is CC1=C(C(=O)N2CCC(c3cc(F)c(Nc4ncc(Cl)c(Nc5cc(C)[nH]n5)n4)cc3C)CC2)OCC=N1. The van der Waals surface area contributed by atoms with Gasteiger partial charge in [0.2, 0.25) is 11.7 Å². The van der Waals surface area contributed by atoms with Crippen LogP contribution in [-0.4, -0.2) is 56.9 Å². The minimum absolute atomic E-state index is 0.139. The van der Waals surface area contributed by atoms with E-state index in [-0.39, 0.29) is 23.5 Å². The molecule has 10 nitrogen and oxygen atoms in total. The van der Waals surface area contributed by atoms with Crippen molar-refractivity contribution in [2.24, 2.45) is 4.99 Å². The number of aryl methyl sites for hydroxylation is 2. The van der Waals surface area contributed by atoms with Crippen molar-refractivity contribution in [2.45, 2.75) is 39.5 Å². The lowest BCUT2D eigenvalue weighted by Crippen LogP contribution is -2.40. The molecule has 2 aliphatic rings. The summed E-state index contributed by atoms with van der Waals surface area (Å²) in [5, 5.41) is 13.2. The van der Waals surface area contributed by atoms with Gasteiger partial charge in [-0.05, 0) is 62.8 Å². The topological polar surface area (TPSA) is 120 Å². The molecule has 1 saturated heterocycles. The smallest absolute Gasteiger partial charge is 0.290 e. The van der Waals surface area contributed by atoms with Crippen LogP contribution in [0.3, 0.4) is 0 Å². The number of hydrogen-bond donors (Lipinski definition) is 3. The molecular weight excluding hydrogens is 511 g/mol. The van der Waals surface area contributed by atoms with Gasteiger partial charge < -0.3 is 20.3 Å². The summed E-state index contributed by atoms with van der Waals surface area (Å²) >= 11 is 6.23. The first-order valence-corrected chi connectivity index (χ1v) is 12.7. The minimum atomic E-state index is -0.408. The number of aromatic amines is 1. The molecule has 1 fully saturated rings. The molecule has 4 heterocycles. The molecule has 0 unspecified atom stereocenters. The van der Waals surface area contributed by atoms with Crippen LogP contribution in [0.5, 0.6) is 0 Å². The summed E-state index contributed by atoms with van der Waals surface area (Å²) in [4.78, 5) is 27.4. The van der Waals surface area contributed by atoms with Gasteiger partial charge in [-0.25, -0.2) is 9.37 Å². The van der Waals surface area contributed by atoms with Crippen LogP contribution >= 0.6 is 11.6 Å². The third kappa shape index (κ3) is 5.47. The molecule has 0 spiro atoms. The van der Waals surface area contributed by atoms with Crippen molar-refractivity contribution in [3.8, 4) is 0 Å². The van der Waals surface area contributed by atoms with Gasteiger partial charge in [0, 0.05) is 31.1 Å². The molecule has 0 radical (unpaired) electrons. The summed E-state index contributed by atoms with van der Waals surface area (Å²) in [6.45, 7) is 7.04. The molecule has 2 aromatic heterocycles. The number of nitrogens with one attached hydrogen (secondary N) is 3. The molecule has 38 heavy (non-hydrogen) atoms. The van der Waals surface area contributed by atoms with Crippen LogP contribution in [0.1, 0.15) is 42.5 Å². The molecule has 12 heteroatoms. The highest BCUT2D eigenvalue weighted by atomic mass is 35.5. The molecule has 0 bridgehead atoms. The number of likely N-dealkylation sites (tertiary alicyclic amines) is 1. The van der Waals surface area contributed by atoms with Crippen molar-refractivity contribution >= 4 is 47.0 Å². The van der Waals surface area contributed by atoms with Gasteiger partial charge >= 0.3 is 0 Å². The zero-order valence-electron chi connectivity index (χ0n) is 21.3. The van der Waals surface area contributed by atoms with Crippen LogP contribution in [-0.2, 0) is 9.53 Å². The lowest BCUT2D eigenvalue weighted by atomic mass is 9.86. The molecule has 0 atom stereocenters. The van der Waals surface area contributed by atoms with E-state index in [4.69, 9.17) is 16.3 Å². The lowest BCUT2D eigenvalue weighted by molar-refractivity contribution is -0.131. The van der Waals surface area contributed by atoms with Crippen molar-refractivity contribution in [3.63, 3.8) is 0 Å². The van der Waals surface area contributed by atoms with Crippen LogP contribution in [0.25, 0.3) is 0 Å². The largest absolute Gasteiger partial charge is 0.481 e. The molecule has 3 N–H and O–H groups in total. The number of benzene rings is 1. The third-order valence-corrected chi connectivity index (χ3v) is 6.91. The van der Waals surface area contributed by atoms with Gasteiger partial charge in [0.1, 0.15) is 17.4 Å². The molecular formula is C26H28ClFN8O2. The van der Waals surface area contributed by atoms with E-state index >= 15 is 4.39 Å². The Hall–Kier alpha value is -3.99. The van der Waals surface area contributed by atoms with E-state index in [1.807, 2.05) is 19.9 Å². The first-order valence-electron chi connectivity index (χ1n) is 12.3. The average Bonchev–Trinajstić information content (AvgIpc) is 3.32.